The van der Waals surface area contributed by atoms with Crippen LogP contribution in [0.25, 0.3) is 0 Å². The highest BCUT2D eigenvalue weighted by molar-refractivity contribution is 5.25. The molecule has 0 aliphatic rings. The zero-order valence-corrected chi connectivity index (χ0v) is 9.00. The van der Waals surface area contributed by atoms with Crippen molar-refractivity contribution >= 4 is 6.01 Å². The van der Waals surface area contributed by atoms with Crippen molar-refractivity contribution in [3.05, 3.63) is 36.0 Å². The maximum atomic E-state index is 5.39. The average Bonchev–Trinajstić information content (AvgIpc) is 2.79. The molecule has 0 saturated carbocycles. The first-order valence-corrected chi connectivity index (χ1v) is 4.92. The van der Waals surface area contributed by atoms with E-state index in [1.54, 1.807) is 12.4 Å². The van der Waals surface area contributed by atoms with E-state index in [0.29, 0.717) is 18.5 Å². The Bertz CT molecular complexity index is 441. The van der Waals surface area contributed by atoms with Crippen LogP contribution < -0.4 is 10.6 Å². The third-order valence-corrected chi connectivity index (χ3v) is 2.10. The van der Waals surface area contributed by atoms with Crippen molar-refractivity contribution in [2.24, 2.45) is 5.73 Å². The lowest BCUT2D eigenvalue weighted by atomic mass is 10.3. The predicted octanol–water partition coefficient (Wildman–Crippen LogP) is 0.560. The number of pyridine rings is 1. The number of nitrogens with zero attached hydrogens (tertiary/aromatic N) is 4. The Hall–Kier alpha value is -1.95. The fourth-order valence-electron chi connectivity index (χ4n) is 1.31. The Balaban J connectivity index is 2.05. The second-order valence-corrected chi connectivity index (χ2v) is 3.40. The van der Waals surface area contributed by atoms with E-state index in [9.17, 15) is 0 Å². The van der Waals surface area contributed by atoms with E-state index >= 15 is 0 Å². The highest BCUT2D eigenvalue weighted by atomic mass is 16.4. The van der Waals surface area contributed by atoms with Gasteiger partial charge in [0.15, 0.2) is 0 Å². The average molecular weight is 219 g/mol. The summed E-state index contributed by atoms with van der Waals surface area (Å²) >= 11 is 0. The van der Waals surface area contributed by atoms with Crippen molar-refractivity contribution in [1.82, 2.24) is 15.2 Å². The molecule has 6 nitrogen and oxygen atoms in total. The summed E-state index contributed by atoms with van der Waals surface area (Å²) in [5.74, 6) is 0.438. The highest BCUT2D eigenvalue weighted by Crippen LogP contribution is 2.12. The van der Waals surface area contributed by atoms with Crippen molar-refractivity contribution in [2.45, 2.75) is 13.1 Å². The smallest absolute Gasteiger partial charge is 0.318 e. The molecule has 2 rings (SSSR count). The first kappa shape index (κ1) is 10.6. The molecule has 0 aliphatic carbocycles. The normalized spacial score (nSPS) is 10.4. The molecular formula is C10H13N5O. The van der Waals surface area contributed by atoms with Crippen LogP contribution in [-0.4, -0.2) is 22.2 Å². The molecule has 16 heavy (non-hydrogen) atoms. The molecule has 2 N–H and O–H groups in total. The summed E-state index contributed by atoms with van der Waals surface area (Å²) in [4.78, 5) is 5.89. The molecule has 2 aromatic heterocycles. The van der Waals surface area contributed by atoms with E-state index in [2.05, 4.69) is 15.2 Å². The van der Waals surface area contributed by atoms with Crippen LogP contribution in [0.4, 0.5) is 6.01 Å². The van der Waals surface area contributed by atoms with Gasteiger partial charge in [0.1, 0.15) is 0 Å². The predicted molar refractivity (Wildman–Crippen MR) is 58.5 cm³/mol. The van der Waals surface area contributed by atoms with Crippen molar-refractivity contribution in [3.63, 3.8) is 0 Å². The van der Waals surface area contributed by atoms with Gasteiger partial charge in [-0.25, -0.2) is 0 Å². The van der Waals surface area contributed by atoms with E-state index in [4.69, 9.17) is 10.2 Å². The summed E-state index contributed by atoms with van der Waals surface area (Å²) < 4.78 is 5.33. The second kappa shape index (κ2) is 4.71. The molecule has 0 unspecified atom stereocenters. The van der Waals surface area contributed by atoms with E-state index in [1.807, 2.05) is 24.1 Å². The number of hydrogen-bond donors (Lipinski definition) is 1. The van der Waals surface area contributed by atoms with Gasteiger partial charge in [-0.2, -0.15) is 0 Å². The third kappa shape index (κ3) is 2.34. The Kier molecular flexibility index (Phi) is 3.11. The van der Waals surface area contributed by atoms with Gasteiger partial charge in [-0.15, -0.1) is 5.10 Å². The fraction of sp³-hybridized carbons (Fsp3) is 0.300. The van der Waals surface area contributed by atoms with Crippen LogP contribution in [0.1, 0.15) is 11.5 Å². The molecule has 0 amide bonds. The maximum Gasteiger partial charge on any atom is 0.318 e. The summed E-state index contributed by atoms with van der Waals surface area (Å²) in [7, 11) is 1.88. The van der Waals surface area contributed by atoms with Crippen LogP contribution in [0.3, 0.4) is 0 Å². The van der Waals surface area contributed by atoms with Crippen molar-refractivity contribution in [3.8, 4) is 0 Å². The van der Waals surface area contributed by atoms with Crippen molar-refractivity contribution in [2.75, 3.05) is 11.9 Å². The lowest BCUT2D eigenvalue weighted by Gasteiger charge is -2.12. The lowest BCUT2D eigenvalue weighted by Crippen LogP contribution is -2.16. The molecule has 0 radical (unpaired) electrons. The lowest BCUT2D eigenvalue weighted by molar-refractivity contribution is 0.491. The Morgan fingerprint density at radius 1 is 1.44 bits per heavy atom. The highest BCUT2D eigenvalue weighted by Gasteiger charge is 2.09. The van der Waals surface area contributed by atoms with Gasteiger partial charge in [0.25, 0.3) is 0 Å². The molecule has 2 heterocycles. The van der Waals surface area contributed by atoms with Gasteiger partial charge in [-0.3, -0.25) is 4.98 Å². The van der Waals surface area contributed by atoms with Gasteiger partial charge in [0.2, 0.25) is 5.89 Å². The first-order valence-electron chi connectivity index (χ1n) is 4.92. The molecular weight excluding hydrogens is 206 g/mol. The van der Waals surface area contributed by atoms with E-state index < -0.39 is 0 Å². The van der Waals surface area contributed by atoms with Crippen LogP contribution in [0.2, 0.25) is 0 Å². The molecule has 0 atom stereocenters. The van der Waals surface area contributed by atoms with Crippen LogP contribution in [-0.2, 0) is 13.1 Å². The van der Waals surface area contributed by atoms with Gasteiger partial charge in [0, 0.05) is 26.0 Å². The summed E-state index contributed by atoms with van der Waals surface area (Å²) in [6.07, 6.45) is 3.54. The molecule has 0 spiro atoms. The summed E-state index contributed by atoms with van der Waals surface area (Å²) in [6, 6.07) is 4.34. The molecule has 0 fully saturated rings. The van der Waals surface area contributed by atoms with Gasteiger partial charge in [0.05, 0.1) is 6.54 Å². The Morgan fingerprint density at radius 2 is 2.31 bits per heavy atom. The van der Waals surface area contributed by atoms with Gasteiger partial charge < -0.3 is 15.1 Å². The molecule has 0 aromatic carbocycles. The SMILES string of the molecule is CN(Cc1cccnc1)c1nnc(CN)o1. The minimum Gasteiger partial charge on any atom is -0.407 e. The number of nitrogens with two attached hydrogens (primary N) is 1. The first-order chi connectivity index (χ1) is 7.79. The van der Waals surface area contributed by atoms with Crippen LogP contribution in [0, 0.1) is 0 Å². The fourth-order valence-corrected chi connectivity index (χ4v) is 1.31. The minimum atomic E-state index is 0.258. The monoisotopic (exact) mass is 219 g/mol. The zero-order chi connectivity index (χ0) is 11.4. The Morgan fingerprint density at radius 3 is 2.94 bits per heavy atom. The standard InChI is InChI=1S/C10H13N5O/c1-15(7-8-3-2-4-12-6-8)10-14-13-9(5-11)16-10/h2-4,6H,5,7,11H2,1H3. The van der Waals surface area contributed by atoms with Crippen LogP contribution in [0.15, 0.2) is 28.9 Å². The zero-order valence-electron chi connectivity index (χ0n) is 9.00. The van der Waals surface area contributed by atoms with Crippen molar-refractivity contribution < 1.29 is 4.42 Å². The van der Waals surface area contributed by atoms with E-state index in [1.165, 1.54) is 0 Å². The number of aromatic nitrogens is 3. The molecule has 2 aromatic rings. The largest absolute Gasteiger partial charge is 0.407 e. The number of rotatable bonds is 4. The molecule has 0 bridgehead atoms. The molecule has 84 valence electrons. The molecule has 6 heteroatoms. The van der Waals surface area contributed by atoms with Gasteiger partial charge >= 0.3 is 6.01 Å². The summed E-state index contributed by atoms with van der Waals surface area (Å²) in [6.45, 7) is 0.924. The topological polar surface area (TPSA) is 81.1 Å². The number of anilines is 1. The summed E-state index contributed by atoms with van der Waals surface area (Å²) in [5.41, 5.74) is 6.47. The second-order valence-electron chi connectivity index (χ2n) is 3.40. The maximum absolute atomic E-state index is 5.39. The Labute approximate surface area is 93.1 Å². The molecule has 0 saturated heterocycles. The van der Waals surface area contributed by atoms with E-state index in [0.717, 1.165) is 5.56 Å². The molecule has 0 aliphatic heterocycles. The van der Waals surface area contributed by atoms with Crippen molar-refractivity contribution in [1.29, 1.82) is 0 Å². The van der Waals surface area contributed by atoms with Gasteiger partial charge in [-0.05, 0) is 11.6 Å². The van der Waals surface area contributed by atoms with E-state index in [-0.39, 0.29) is 6.54 Å². The quantitative estimate of drug-likeness (QED) is 0.809. The van der Waals surface area contributed by atoms with Crippen LogP contribution >= 0.6 is 0 Å². The third-order valence-electron chi connectivity index (χ3n) is 2.10. The number of hydrogen-bond acceptors (Lipinski definition) is 6. The summed E-state index contributed by atoms with van der Waals surface area (Å²) in [5, 5.41) is 7.69. The van der Waals surface area contributed by atoms with Crippen LogP contribution in [0.5, 0.6) is 0 Å². The van der Waals surface area contributed by atoms with Gasteiger partial charge in [-0.1, -0.05) is 11.2 Å². The minimum absolute atomic E-state index is 0.258.